The molecule has 1 saturated heterocycles. The van der Waals surface area contributed by atoms with Crippen LogP contribution in [0.5, 0.6) is 0 Å². The monoisotopic (exact) mass is 332 g/mol. The van der Waals surface area contributed by atoms with Gasteiger partial charge in [-0.05, 0) is 19.3 Å². The summed E-state index contributed by atoms with van der Waals surface area (Å²) in [4.78, 5) is 2.23. The van der Waals surface area contributed by atoms with Crippen LogP contribution in [-0.4, -0.2) is 46.8 Å². The van der Waals surface area contributed by atoms with E-state index in [0.717, 1.165) is 37.4 Å². The van der Waals surface area contributed by atoms with Crippen LogP contribution in [-0.2, 0) is 4.74 Å². The minimum absolute atomic E-state index is 0.115. The third-order valence-corrected chi connectivity index (χ3v) is 5.16. The second-order valence-corrected chi connectivity index (χ2v) is 6.80. The van der Waals surface area contributed by atoms with Gasteiger partial charge in [0.15, 0.2) is 5.16 Å². The number of hydrogen-bond acceptors (Lipinski definition) is 7. The molecule has 0 N–H and O–H groups in total. The molecule has 2 fully saturated rings. The number of morpholine rings is 1. The van der Waals surface area contributed by atoms with Crippen LogP contribution in [0.3, 0.4) is 0 Å². The summed E-state index contributed by atoms with van der Waals surface area (Å²) in [6, 6.07) is 4.88. The fourth-order valence-electron chi connectivity index (χ4n) is 2.60. The van der Waals surface area contributed by atoms with E-state index in [2.05, 4.69) is 31.8 Å². The van der Waals surface area contributed by atoms with Crippen LogP contribution in [0.15, 0.2) is 5.16 Å². The van der Waals surface area contributed by atoms with Crippen molar-refractivity contribution in [2.75, 3.05) is 37.0 Å². The SMILES string of the molecule is N#CCC[C@@H](C#N)CSc1nnc(N2CCOCC2)n1C1CC1. The van der Waals surface area contributed by atoms with E-state index < -0.39 is 0 Å². The van der Waals surface area contributed by atoms with Crippen molar-refractivity contribution in [1.29, 1.82) is 10.5 Å². The number of nitrogens with zero attached hydrogens (tertiary/aromatic N) is 6. The van der Waals surface area contributed by atoms with E-state index in [1.807, 2.05) is 0 Å². The number of nitriles is 2. The molecule has 0 unspecified atom stereocenters. The molecule has 2 heterocycles. The molecular weight excluding hydrogens is 312 g/mol. The van der Waals surface area contributed by atoms with Crippen LogP contribution in [0, 0.1) is 28.6 Å². The lowest BCUT2D eigenvalue weighted by Gasteiger charge is -2.27. The van der Waals surface area contributed by atoms with E-state index in [-0.39, 0.29) is 5.92 Å². The predicted octanol–water partition coefficient (Wildman–Crippen LogP) is 1.99. The second-order valence-electron chi connectivity index (χ2n) is 5.82. The molecule has 1 saturated carbocycles. The Balaban J connectivity index is 1.68. The molecule has 122 valence electrons. The van der Waals surface area contributed by atoms with Crippen LogP contribution in [0.2, 0.25) is 0 Å². The summed E-state index contributed by atoms with van der Waals surface area (Å²) in [5.74, 6) is 1.48. The minimum Gasteiger partial charge on any atom is -0.378 e. The van der Waals surface area contributed by atoms with E-state index >= 15 is 0 Å². The fraction of sp³-hybridized carbons (Fsp3) is 0.733. The first-order valence-electron chi connectivity index (χ1n) is 8.00. The first-order valence-corrected chi connectivity index (χ1v) is 8.99. The molecule has 2 aliphatic rings. The average molecular weight is 332 g/mol. The highest BCUT2D eigenvalue weighted by Crippen LogP contribution is 2.41. The second kappa shape index (κ2) is 7.67. The molecule has 23 heavy (non-hydrogen) atoms. The average Bonchev–Trinajstić information content (AvgIpc) is 3.35. The van der Waals surface area contributed by atoms with Gasteiger partial charge in [0.05, 0.1) is 31.3 Å². The summed E-state index contributed by atoms with van der Waals surface area (Å²) in [6.45, 7) is 3.15. The maximum atomic E-state index is 9.19. The van der Waals surface area contributed by atoms with Crippen LogP contribution in [0.25, 0.3) is 0 Å². The van der Waals surface area contributed by atoms with E-state index in [1.54, 1.807) is 11.8 Å². The van der Waals surface area contributed by atoms with Gasteiger partial charge in [0, 0.05) is 31.3 Å². The Morgan fingerprint density at radius 2 is 2.04 bits per heavy atom. The van der Waals surface area contributed by atoms with Gasteiger partial charge in [0.1, 0.15) is 0 Å². The number of ether oxygens (including phenoxy) is 1. The third-order valence-electron chi connectivity index (χ3n) is 4.05. The fourth-order valence-corrected chi connectivity index (χ4v) is 3.66. The Labute approximate surface area is 140 Å². The molecule has 1 aliphatic carbocycles. The van der Waals surface area contributed by atoms with Gasteiger partial charge < -0.3 is 9.64 Å². The zero-order chi connectivity index (χ0) is 16.1. The number of aromatic nitrogens is 3. The smallest absolute Gasteiger partial charge is 0.228 e. The van der Waals surface area contributed by atoms with Crippen LogP contribution in [0.1, 0.15) is 31.7 Å². The first-order chi connectivity index (χ1) is 11.3. The van der Waals surface area contributed by atoms with Crippen LogP contribution < -0.4 is 4.90 Å². The molecule has 0 aromatic carbocycles. The van der Waals surface area contributed by atoms with Crippen molar-refractivity contribution in [2.45, 2.75) is 36.9 Å². The number of rotatable bonds is 7. The van der Waals surface area contributed by atoms with Crippen molar-refractivity contribution in [1.82, 2.24) is 14.8 Å². The van der Waals surface area contributed by atoms with E-state index in [0.29, 0.717) is 24.6 Å². The van der Waals surface area contributed by atoms with Crippen molar-refractivity contribution in [2.24, 2.45) is 5.92 Å². The molecule has 0 radical (unpaired) electrons. The molecule has 1 aliphatic heterocycles. The van der Waals surface area contributed by atoms with Gasteiger partial charge in [0.2, 0.25) is 5.95 Å². The maximum absolute atomic E-state index is 9.19. The Morgan fingerprint density at radius 1 is 1.26 bits per heavy atom. The van der Waals surface area contributed by atoms with Gasteiger partial charge in [-0.15, -0.1) is 10.2 Å². The molecule has 3 rings (SSSR count). The highest BCUT2D eigenvalue weighted by molar-refractivity contribution is 7.99. The van der Waals surface area contributed by atoms with E-state index in [4.69, 9.17) is 10.00 Å². The van der Waals surface area contributed by atoms with Crippen molar-refractivity contribution < 1.29 is 4.74 Å². The normalized spacial score (nSPS) is 19.1. The topological polar surface area (TPSA) is 90.8 Å². The van der Waals surface area contributed by atoms with Crippen LogP contribution >= 0.6 is 11.8 Å². The first kappa shape index (κ1) is 16.1. The minimum atomic E-state index is -0.115. The Kier molecular flexibility index (Phi) is 5.37. The summed E-state index contributed by atoms with van der Waals surface area (Å²) in [5.41, 5.74) is 0. The van der Waals surface area contributed by atoms with Gasteiger partial charge in [-0.2, -0.15) is 10.5 Å². The molecule has 1 aromatic rings. The summed E-state index contributed by atoms with van der Waals surface area (Å²) in [7, 11) is 0. The van der Waals surface area contributed by atoms with Crippen molar-refractivity contribution in [3.8, 4) is 12.1 Å². The molecule has 8 heteroatoms. The Hall–Kier alpha value is -1.77. The molecule has 0 amide bonds. The molecular formula is C15H20N6OS. The summed E-state index contributed by atoms with van der Waals surface area (Å²) < 4.78 is 7.64. The number of thioether (sulfide) groups is 1. The molecule has 1 atom stereocenters. The largest absolute Gasteiger partial charge is 0.378 e. The lowest BCUT2D eigenvalue weighted by atomic mass is 10.1. The van der Waals surface area contributed by atoms with Gasteiger partial charge in [-0.1, -0.05) is 11.8 Å². The highest BCUT2D eigenvalue weighted by Gasteiger charge is 2.32. The molecule has 7 nitrogen and oxygen atoms in total. The third kappa shape index (κ3) is 3.95. The van der Waals surface area contributed by atoms with Gasteiger partial charge in [0.25, 0.3) is 0 Å². The zero-order valence-corrected chi connectivity index (χ0v) is 13.8. The van der Waals surface area contributed by atoms with Gasteiger partial charge in [-0.25, -0.2) is 0 Å². The van der Waals surface area contributed by atoms with Crippen molar-refractivity contribution >= 4 is 17.7 Å². The number of anilines is 1. The van der Waals surface area contributed by atoms with Crippen molar-refractivity contribution in [3.05, 3.63) is 0 Å². The molecule has 0 bridgehead atoms. The van der Waals surface area contributed by atoms with Gasteiger partial charge in [-0.3, -0.25) is 4.57 Å². The summed E-state index contributed by atoms with van der Waals surface area (Å²) in [5, 5.41) is 27.5. The van der Waals surface area contributed by atoms with Crippen molar-refractivity contribution in [3.63, 3.8) is 0 Å². The lowest BCUT2D eigenvalue weighted by molar-refractivity contribution is 0.121. The molecule has 1 aromatic heterocycles. The highest BCUT2D eigenvalue weighted by atomic mass is 32.2. The van der Waals surface area contributed by atoms with E-state index in [1.165, 1.54) is 12.8 Å². The maximum Gasteiger partial charge on any atom is 0.228 e. The van der Waals surface area contributed by atoms with Gasteiger partial charge >= 0.3 is 0 Å². The van der Waals surface area contributed by atoms with E-state index in [9.17, 15) is 5.26 Å². The standard InChI is InChI=1S/C15H20N6OS/c16-5-1-2-12(10-17)11-23-15-19-18-14(21(15)13-3-4-13)20-6-8-22-9-7-20/h12-13H,1-4,6-9,11H2/t12-/m0/s1. The number of hydrogen-bond donors (Lipinski definition) is 0. The predicted molar refractivity (Wildman–Crippen MR) is 86.0 cm³/mol. The zero-order valence-electron chi connectivity index (χ0n) is 13.0. The lowest BCUT2D eigenvalue weighted by Crippen LogP contribution is -2.38. The Bertz CT molecular complexity index is 608. The Morgan fingerprint density at radius 3 is 2.70 bits per heavy atom. The molecule has 0 spiro atoms. The summed E-state index contributed by atoms with van der Waals surface area (Å²) >= 11 is 1.58. The summed E-state index contributed by atoms with van der Waals surface area (Å²) in [6.07, 6.45) is 3.37. The van der Waals surface area contributed by atoms with Crippen LogP contribution in [0.4, 0.5) is 5.95 Å². The quantitative estimate of drug-likeness (QED) is 0.705.